The van der Waals surface area contributed by atoms with Crippen molar-refractivity contribution in [3.8, 4) is 0 Å². The highest BCUT2D eigenvalue weighted by Gasteiger charge is 2.34. The lowest BCUT2D eigenvalue weighted by atomic mass is 9.98. The molecule has 196 valence electrons. The van der Waals surface area contributed by atoms with Crippen molar-refractivity contribution < 1.29 is 18.0 Å². The zero-order valence-electron chi connectivity index (χ0n) is 20.4. The van der Waals surface area contributed by atoms with E-state index in [1.165, 1.54) is 0 Å². The number of nitrogens with zero attached hydrogens (tertiary/aromatic N) is 3. The Kier molecular flexibility index (Phi) is 7.04. The van der Waals surface area contributed by atoms with Crippen molar-refractivity contribution in [2.24, 2.45) is 0 Å². The monoisotopic (exact) mass is 552 g/mol. The average molecular weight is 553 g/mol. The van der Waals surface area contributed by atoms with Crippen molar-refractivity contribution in [2.75, 3.05) is 6.54 Å². The van der Waals surface area contributed by atoms with E-state index in [1.54, 1.807) is 65.6 Å². The largest absolute Gasteiger partial charge is 0.358 e. The van der Waals surface area contributed by atoms with Gasteiger partial charge < -0.3 is 15.6 Å². The van der Waals surface area contributed by atoms with Gasteiger partial charge in [0.15, 0.2) is 9.84 Å². The van der Waals surface area contributed by atoms with Crippen molar-refractivity contribution in [3.05, 3.63) is 99.3 Å². The summed E-state index contributed by atoms with van der Waals surface area (Å²) < 4.78 is 28.1. The van der Waals surface area contributed by atoms with E-state index in [4.69, 9.17) is 11.6 Å². The highest BCUT2D eigenvalue weighted by Crippen LogP contribution is 2.34. The Morgan fingerprint density at radius 3 is 2.92 bits per heavy atom. The maximum absolute atomic E-state index is 13.2. The van der Waals surface area contributed by atoms with Crippen LogP contribution >= 0.6 is 11.6 Å². The third-order valence-electron chi connectivity index (χ3n) is 6.31. The summed E-state index contributed by atoms with van der Waals surface area (Å²) in [5.74, 6) is -0.837. The van der Waals surface area contributed by atoms with E-state index < -0.39 is 15.1 Å². The van der Waals surface area contributed by atoms with Crippen LogP contribution < -0.4 is 10.6 Å². The fourth-order valence-electron chi connectivity index (χ4n) is 4.50. The molecule has 0 saturated carbocycles. The molecule has 2 aliphatic rings. The molecule has 38 heavy (non-hydrogen) atoms. The number of carbonyl (C=O) groups excluding carboxylic acids is 2. The number of carbonyl (C=O) groups is 2. The molecule has 0 bridgehead atoms. The van der Waals surface area contributed by atoms with E-state index >= 15 is 0 Å². The summed E-state index contributed by atoms with van der Waals surface area (Å²) in [6.45, 7) is 2.61. The molecule has 12 heteroatoms. The topological polar surface area (TPSA) is 139 Å². The number of amides is 2. The molecule has 2 amide bonds. The molecule has 3 heterocycles. The van der Waals surface area contributed by atoms with Crippen LogP contribution in [0.25, 0.3) is 6.08 Å². The third kappa shape index (κ3) is 5.48. The molecule has 0 spiro atoms. The van der Waals surface area contributed by atoms with Crippen molar-refractivity contribution in [2.45, 2.75) is 30.9 Å². The van der Waals surface area contributed by atoms with Crippen molar-refractivity contribution >= 4 is 39.3 Å². The SMILES string of the molecule is Cc1cc(C(=O)NCCn2ccnn2)c(/C=C2\C(=O)NC3=CCC(S(=O)(=O)Cc4cccc(Cl)c4)C=C32)[nH]1. The lowest BCUT2D eigenvalue weighted by Gasteiger charge is -2.18. The number of benzene rings is 1. The van der Waals surface area contributed by atoms with Gasteiger partial charge in [-0.05, 0) is 43.2 Å². The number of hydrogen-bond donors (Lipinski definition) is 3. The zero-order valence-corrected chi connectivity index (χ0v) is 22.0. The molecular weight excluding hydrogens is 528 g/mol. The summed E-state index contributed by atoms with van der Waals surface area (Å²) in [5.41, 5.74) is 3.54. The lowest BCUT2D eigenvalue weighted by Crippen LogP contribution is -2.27. The highest BCUT2D eigenvalue weighted by atomic mass is 35.5. The number of rotatable bonds is 8. The van der Waals surface area contributed by atoms with Crippen molar-refractivity contribution in [3.63, 3.8) is 0 Å². The molecule has 1 aromatic carbocycles. The maximum atomic E-state index is 13.2. The summed E-state index contributed by atoms with van der Waals surface area (Å²) in [7, 11) is -3.58. The number of fused-ring (bicyclic) bond motifs is 1. The first-order chi connectivity index (χ1) is 18.2. The number of hydrogen-bond acceptors (Lipinski definition) is 6. The molecule has 1 unspecified atom stereocenters. The Balaban J connectivity index is 1.39. The Labute approximate surface area is 224 Å². The zero-order chi connectivity index (χ0) is 26.9. The molecule has 3 aromatic rings. The lowest BCUT2D eigenvalue weighted by molar-refractivity contribution is -0.115. The summed E-state index contributed by atoms with van der Waals surface area (Å²) >= 11 is 6.03. The van der Waals surface area contributed by atoms with Crippen molar-refractivity contribution in [1.82, 2.24) is 30.6 Å². The number of halogens is 1. The van der Waals surface area contributed by atoms with Gasteiger partial charge in [-0.2, -0.15) is 0 Å². The van der Waals surface area contributed by atoms with Gasteiger partial charge in [0, 0.05) is 34.7 Å². The number of allylic oxidation sites excluding steroid dienone is 2. The second-order valence-electron chi connectivity index (χ2n) is 9.12. The van der Waals surface area contributed by atoms with Crippen LogP contribution in [-0.2, 0) is 26.9 Å². The number of aromatic amines is 1. The predicted molar refractivity (Wildman–Crippen MR) is 143 cm³/mol. The second-order valence-corrected chi connectivity index (χ2v) is 11.8. The molecular formula is C26H25ClN6O4S. The number of H-pyrrole nitrogens is 1. The van der Waals surface area contributed by atoms with Crippen LogP contribution in [0.1, 0.15) is 33.7 Å². The first-order valence-corrected chi connectivity index (χ1v) is 14.0. The van der Waals surface area contributed by atoms with Gasteiger partial charge in [0.1, 0.15) is 0 Å². The fourth-order valence-corrected chi connectivity index (χ4v) is 6.30. The van der Waals surface area contributed by atoms with E-state index in [2.05, 4.69) is 25.9 Å². The molecule has 1 saturated heterocycles. The van der Waals surface area contributed by atoms with E-state index in [9.17, 15) is 18.0 Å². The molecule has 3 N–H and O–H groups in total. The smallest absolute Gasteiger partial charge is 0.256 e. The molecule has 1 fully saturated rings. The van der Waals surface area contributed by atoms with Crippen LogP contribution in [0.15, 0.2) is 71.7 Å². The molecule has 1 aliphatic carbocycles. The van der Waals surface area contributed by atoms with Crippen LogP contribution in [0.5, 0.6) is 0 Å². The number of aryl methyl sites for hydroxylation is 1. The first-order valence-electron chi connectivity index (χ1n) is 11.9. The maximum Gasteiger partial charge on any atom is 0.256 e. The van der Waals surface area contributed by atoms with Crippen LogP contribution in [0.2, 0.25) is 5.02 Å². The summed E-state index contributed by atoms with van der Waals surface area (Å²) in [4.78, 5) is 28.9. The Hall–Kier alpha value is -3.96. The van der Waals surface area contributed by atoms with Crippen molar-refractivity contribution in [1.29, 1.82) is 0 Å². The standard InChI is InChI=1S/C26H25ClN6O4S/c1-16-11-22(25(34)28-7-9-33-10-8-29-32-33)24(30-16)14-21-20-13-19(5-6-23(20)31-26(21)35)38(36,37)15-17-3-2-4-18(27)12-17/h2-4,6,8,10-14,19,30H,5,7,9,15H2,1H3,(H,28,34)(H,31,35)/b21-14-. The van der Waals surface area contributed by atoms with E-state index in [0.29, 0.717) is 46.2 Å². The van der Waals surface area contributed by atoms with Crippen LogP contribution in [0.3, 0.4) is 0 Å². The summed E-state index contributed by atoms with van der Waals surface area (Å²) in [6.07, 6.45) is 8.44. The Morgan fingerprint density at radius 2 is 2.16 bits per heavy atom. The molecule has 0 radical (unpaired) electrons. The average Bonchev–Trinajstić information content (AvgIpc) is 3.58. The van der Waals surface area contributed by atoms with Gasteiger partial charge in [0.2, 0.25) is 0 Å². The number of nitrogens with one attached hydrogen (secondary N) is 3. The van der Waals surface area contributed by atoms with Crippen LogP contribution in [0.4, 0.5) is 0 Å². The Bertz CT molecular complexity index is 1600. The minimum atomic E-state index is -3.58. The quantitative estimate of drug-likeness (QED) is 0.367. The predicted octanol–water partition coefficient (Wildman–Crippen LogP) is 2.71. The van der Waals surface area contributed by atoms with Gasteiger partial charge in [-0.3, -0.25) is 14.3 Å². The summed E-state index contributed by atoms with van der Waals surface area (Å²) in [6, 6.07) is 8.46. The summed E-state index contributed by atoms with van der Waals surface area (Å²) in [5, 5.41) is 12.9. The van der Waals surface area contributed by atoms with Gasteiger partial charge in [-0.1, -0.05) is 41.1 Å². The minimum absolute atomic E-state index is 0.166. The Morgan fingerprint density at radius 1 is 1.32 bits per heavy atom. The normalized spacial score (nSPS) is 18.1. The number of aromatic nitrogens is 4. The molecule has 10 nitrogen and oxygen atoms in total. The van der Waals surface area contributed by atoms with Gasteiger partial charge in [-0.25, -0.2) is 8.42 Å². The number of sulfone groups is 1. The molecule has 2 aromatic heterocycles. The first kappa shape index (κ1) is 25.7. The van der Waals surface area contributed by atoms with Crippen LogP contribution in [0, 0.1) is 6.92 Å². The minimum Gasteiger partial charge on any atom is -0.358 e. The van der Waals surface area contributed by atoms with Gasteiger partial charge in [-0.15, -0.1) is 5.10 Å². The fraction of sp³-hybridized carbons (Fsp3) is 0.231. The molecule has 1 atom stereocenters. The van der Waals surface area contributed by atoms with Crippen LogP contribution in [-0.4, -0.2) is 52.0 Å². The third-order valence-corrected chi connectivity index (χ3v) is 8.53. The second kappa shape index (κ2) is 10.4. The van der Waals surface area contributed by atoms with E-state index in [0.717, 1.165) is 5.69 Å². The highest BCUT2D eigenvalue weighted by molar-refractivity contribution is 7.91. The van der Waals surface area contributed by atoms with E-state index in [1.807, 2.05) is 6.92 Å². The molecule has 1 aliphatic heterocycles. The molecule has 5 rings (SSSR count). The van der Waals surface area contributed by atoms with E-state index in [-0.39, 0.29) is 29.6 Å². The van der Waals surface area contributed by atoms with Gasteiger partial charge >= 0.3 is 0 Å². The van der Waals surface area contributed by atoms with Gasteiger partial charge in [0.25, 0.3) is 11.8 Å². The van der Waals surface area contributed by atoms with Gasteiger partial charge in [0.05, 0.1) is 40.6 Å².